The van der Waals surface area contributed by atoms with E-state index in [0.717, 1.165) is 24.3 Å². The molecule has 0 aliphatic carbocycles. The maximum Gasteiger partial charge on any atom is 0.211 e. The molecular formula is C20H25NO3. The normalized spacial score (nSPS) is 10.2. The highest BCUT2D eigenvalue weighted by Crippen LogP contribution is 2.26. The van der Waals surface area contributed by atoms with E-state index in [0.29, 0.717) is 24.5 Å². The van der Waals surface area contributed by atoms with Gasteiger partial charge in [0.1, 0.15) is 18.1 Å². The molecule has 2 aromatic carbocycles. The zero-order chi connectivity index (χ0) is 17.0. The van der Waals surface area contributed by atoms with Crippen LogP contribution in [0, 0.1) is 0 Å². The fourth-order valence-corrected chi connectivity index (χ4v) is 2.41. The van der Waals surface area contributed by atoms with Crippen molar-refractivity contribution in [1.29, 1.82) is 0 Å². The Morgan fingerprint density at radius 1 is 0.917 bits per heavy atom. The molecule has 0 atom stereocenters. The Hall–Kier alpha value is -2.49. The van der Waals surface area contributed by atoms with Crippen molar-refractivity contribution >= 4 is 12.1 Å². The third-order valence-corrected chi connectivity index (χ3v) is 3.71. The van der Waals surface area contributed by atoms with E-state index in [1.165, 1.54) is 19.3 Å². The van der Waals surface area contributed by atoms with Crippen LogP contribution in [0.5, 0.6) is 11.5 Å². The Morgan fingerprint density at radius 3 is 2.46 bits per heavy atom. The van der Waals surface area contributed by atoms with Crippen LogP contribution < -0.4 is 14.8 Å². The molecule has 0 saturated heterocycles. The predicted octanol–water partition coefficient (Wildman–Crippen LogP) is 4.79. The van der Waals surface area contributed by atoms with Gasteiger partial charge in [-0.15, -0.1) is 0 Å². The average Bonchev–Trinajstić information content (AvgIpc) is 2.62. The molecule has 0 bridgehead atoms. The summed E-state index contributed by atoms with van der Waals surface area (Å²) >= 11 is 0. The van der Waals surface area contributed by atoms with Gasteiger partial charge < -0.3 is 14.8 Å². The van der Waals surface area contributed by atoms with Crippen molar-refractivity contribution in [3.05, 3.63) is 54.1 Å². The van der Waals surface area contributed by atoms with Crippen molar-refractivity contribution in [2.75, 3.05) is 11.9 Å². The molecule has 24 heavy (non-hydrogen) atoms. The molecule has 1 N–H and O–H groups in total. The number of carbonyl (C=O) groups is 1. The molecule has 1 amide bonds. The van der Waals surface area contributed by atoms with Gasteiger partial charge in [-0.1, -0.05) is 56.5 Å². The minimum Gasteiger partial charge on any atom is -0.493 e. The number of carbonyl (C=O) groups excluding carboxylic acids is 1. The maximum atomic E-state index is 10.7. The summed E-state index contributed by atoms with van der Waals surface area (Å²) in [6, 6.07) is 15.3. The standard InChI is InChI=1S/C20H25NO3/c1-2-3-4-9-14-23-19-12-7-5-10-17(19)15-24-20-13-8-6-11-18(20)21-16-22/h5-8,10-13,16H,2-4,9,14-15H2,1H3,(H,21,22). The second-order valence-corrected chi connectivity index (χ2v) is 5.56. The Labute approximate surface area is 143 Å². The van der Waals surface area contributed by atoms with Gasteiger partial charge in [-0.2, -0.15) is 0 Å². The zero-order valence-electron chi connectivity index (χ0n) is 14.2. The molecule has 0 spiro atoms. The van der Waals surface area contributed by atoms with Crippen LogP contribution in [0.4, 0.5) is 5.69 Å². The summed E-state index contributed by atoms with van der Waals surface area (Å²) in [5.41, 5.74) is 1.65. The van der Waals surface area contributed by atoms with Crippen LogP contribution in [0.1, 0.15) is 38.2 Å². The molecule has 0 radical (unpaired) electrons. The topological polar surface area (TPSA) is 47.6 Å². The minimum absolute atomic E-state index is 0.392. The molecule has 4 nitrogen and oxygen atoms in total. The number of nitrogens with one attached hydrogen (secondary N) is 1. The number of hydrogen-bond donors (Lipinski definition) is 1. The van der Waals surface area contributed by atoms with Crippen LogP contribution in [0.2, 0.25) is 0 Å². The number of ether oxygens (including phenoxy) is 2. The number of anilines is 1. The molecule has 4 heteroatoms. The Bertz CT molecular complexity index is 628. The molecule has 0 heterocycles. The number of unbranched alkanes of at least 4 members (excludes halogenated alkanes) is 3. The third kappa shape index (κ3) is 5.61. The summed E-state index contributed by atoms with van der Waals surface area (Å²) in [5, 5.41) is 2.64. The van der Waals surface area contributed by atoms with Gasteiger partial charge in [0.15, 0.2) is 0 Å². The van der Waals surface area contributed by atoms with Crippen LogP contribution >= 0.6 is 0 Å². The minimum atomic E-state index is 0.392. The number of amides is 1. The Balaban J connectivity index is 1.94. The summed E-state index contributed by atoms with van der Waals surface area (Å²) in [6.45, 7) is 3.31. The average molecular weight is 327 g/mol. The molecule has 0 saturated carbocycles. The van der Waals surface area contributed by atoms with Crippen LogP contribution in [0.15, 0.2) is 48.5 Å². The van der Waals surface area contributed by atoms with Gasteiger partial charge in [0.2, 0.25) is 6.41 Å². The molecule has 0 fully saturated rings. The highest BCUT2D eigenvalue weighted by atomic mass is 16.5. The van der Waals surface area contributed by atoms with Crippen molar-refractivity contribution in [2.24, 2.45) is 0 Å². The number of rotatable bonds is 11. The van der Waals surface area contributed by atoms with Gasteiger partial charge in [-0.05, 0) is 24.6 Å². The van der Waals surface area contributed by atoms with Crippen LogP contribution in [0.3, 0.4) is 0 Å². The highest BCUT2D eigenvalue weighted by molar-refractivity contribution is 5.75. The summed E-state index contributed by atoms with van der Waals surface area (Å²) in [6.07, 6.45) is 5.37. The fourth-order valence-electron chi connectivity index (χ4n) is 2.41. The van der Waals surface area contributed by atoms with E-state index < -0.39 is 0 Å². The monoisotopic (exact) mass is 327 g/mol. The maximum absolute atomic E-state index is 10.7. The van der Waals surface area contributed by atoms with Crippen LogP contribution in [-0.4, -0.2) is 13.0 Å². The molecule has 128 valence electrons. The van der Waals surface area contributed by atoms with Gasteiger partial charge in [0, 0.05) is 5.56 Å². The molecular weight excluding hydrogens is 302 g/mol. The molecule has 2 aromatic rings. The Kier molecular flexibility index (Phi) is 7.68. The second-order valence-electron chi connectivity index (χ2n) is 5.56. The molecule has 0 aromatic heterocycles. The lowest BCUT2D eigenvalue weighted by atomic mass is 10.2. The first-order valence-corrected chi connectivity index (χ1v) is 8.48. The van der Waals surface area contributed by atoms with Gasteiger partial charge in [-0.3, -0.25) is 4.79 Å². The highest BCUT2D eigenvalue weighted by Gasteiger charge is 2.06. The molecule has 0 aliphatic heterocycles. The van der Waals surface area contributed by atoms with Gasteiger partial charge in [0.25, 0.3) is 0 Å². The first-order valence-electron chi connectivity index (χ1n) is 8.48. The molecule has 0 aliphatic rings. The van der Waals surface area contributed by atoms with Crippen LogP contribution in [0.25, 0.3) is 0 Å². The van der Waals surface area contributed by atoms with Crippen molar-refractivity contribution < 1.29 is 14.3 Å². The lowest BCUT2D eigenvalue weighted by Crippen LogP contribution is -2.04. The fraction of sp³-hybridized carbons (Fsp3) is 0.350. The quantitative estimate of drug-likeness (QED) is 0.477. The van der Waals surface area contributed by atoms with E-state index in [1.807, 2.05) is 42.5 Å². The zero-order valence-corrected chi connectivity index (χ0v) is 14.2. The molecule has 2 rings (SSSR count). The van der Waals surface area contributed by atoms with Crippen molar-refractivity contribution in [1.82, 2.24) is 0 Å². The smallest absolute Gasteiger partial charge is 0.211 e. The lowest BCUT2D eigenvalue weighted by molar-refractivity contribution is -0.105. The van der Waals surface area contributed by atoms with E-state index in [1.54, 1.807) is 6.07 Å². The SMILES string of the molecule is CCCCCCOc1ccccc1COc1ccccc1NC=O. The van der Waals surface area contributed by atoms with Gasteiger partial charge in [0.05, 0.1) is 12.3 Å². The Morgan fingerprint density at radius 2 is 1.67 bits per heavy atom. The largest absolute Gasteiger partial charge is 0.493 e. The van der Waals surface area contributed by atoms with E-state index in [2.05, 4.69) is 12.2 Å². The van der Waals surface area contributed by atoms with Crippen molar-refractivity contribution in [3.8, 4) is 11.5 Å². The van der Waals surface area contributed by atoms with Crippen molar-refractivity contribution in [2.45, 2.75) is 39.2 Å². The number of para-hydroxylation sites is 3. The molecule has 0 unspecified atom stereocenters. The van der Waals surface area contributed by atoms with Crippen LogP contribution in [-0.2, 0) is 11.4 Å². The van der Waals surface area contributed by atoms with Crippen molar-refractivity contribution in [3.63, 3.8) is 0 Å². The van der Waals surface area contributed by atoms with E-state index in [9.17, 15) is 4.79 Å². The summed E-state index contributed by atoms with van der Waals surface area (Å²) in [5.74, 6) is 1.50. The summed E-state index contributed by atoms with van der Waals surface area (Å²) < 4.78 is 11.8. The van der Waals surface area contributed by atoms with E-state index in [4.69, 9.17) is 9.47 Å². The van der Waals surface area contributed by atoms with Gasteiger partial charge in [-0.25, -0.2) is 0 Å². The third-order valence-electron chi connectivity index (χ3n) is 3.71. The lowest BCUT2D eigenvalue weighted by Gasteiger charge is -2.14. The first kappa shape index (κ1) is 17.9. The van der Waals surface area contributed by atoms with Gasteiger partial charge >= 0.3 is 0 Å². The summed E-state index contributed by atoms with van der Waals surface area (Å²) in [4.78, 5) is 10.7. The predicted molar refractivity (Wildman–Crippen MR) is 96.5 cm³/mol. The number of hydrogen-bond acceptors (Lipinski definition) is 3. The van der Waals surface area contributed by atoms with E-state index >= 15 is 0 Å². The second kappa shape index (κ2) is 10.3. The number of benzene rings is 2. The summed E-state index contributed by atoms with van der Waals surface area (Å²) in [7, 11) is 0. The first-order chi connectivity index (χ1) is 11.8. The van der Waals surface area contributed by atoms with E-state index in [-0.39, 0.29) is 0 Å².